The van der Waals surface area contributed by atoms with Gasteiger partial charge in [-0.05, 0) is 30.9 Å². The molecule has 1 aliphatic rings. The van der Waals surface area contributed by atoms with E-state index in [9.17, 15) is 9.90 Å². The van der Waals surface area contributed by atoms with E-state index in [0.29, 0.717) is 0 Å². The maximum atomic E-state index is 11.7. The Bertz CT molecular complexity index is 434. The van der Waals surface area contributed by atoms with Crippen molar-refractivity contribution in [1.29, 1.82) is 0 Å². The summed E-state index contributed by atoms with van der Waals surface area (Å²) in [6.07, 6.45) is 4.67. The SMILES string of the molecule is Cc1cccc(C2(C(=O)O)CCCCC2)c1Br. The fourth-order valence-corrected chi connectivity index (χ4v) is 3.41. The van der Waals surface area contributed by atoms with Crippen LogP contribution in [0, 0.1) is 6.92 Å². The van der Waals surface area contributed by atoms with Crippen LogP contribution in [0.15, 0.2) is 22.7 Å². The number of hydrogen-bond donors (Lipinski definition) is 1. The van der Waals surface area contributed by atoms with Crippen molar-refractivity contribution in [3.63, 3.8) is 0 Å². The molecule has 2 rings (SSSR count). The Morgan fingerprint density at radius 2 is 1.94 bits per heavy atom. The van der Waals surface area contributed by atoms with Crippen LogP contribution in [0.4, 0.5) is 0 Å². The van der Waals surface area contributed by atoms with Crippen molar-refractivity contribution < 1.29 is 9.90 Å². The Kier molecular flexibility index (Phi) is 3.57. The van der Waals surface area contributed by atoms with Gasteiger partial charge in [0.05, 0.1) is 5.41 Å². The van der Waals surface area contributed by atoms with E-state index in [-0.39, 0.29) is 0 Å². The normalized spacial score (nSPS) is 18.9. The van der Waals surface area contributed by atoms with Crippen LogP contribution >= 0.6 is 15.9 Å². The number of halogens is 1. The highest BCUT2D eigenvalue weighted by atomic mass is 79.9. The Labute approximate surface area is 110 Å². The van der Waals surface area contributed by atoms with Crippen molar-refractivity contribution in [3.8, 4) is 0 Å². The predicted octanol–water partition coefficient (Wildman–Crippen LogP) is 4.04. The van der Waals surface area contributed by atoms with Gasteiger partial charge in [0.1, 0.15) is 0 Å². The number of hydrogen-bond acceptors (Lipinski definition) is 1. The summed E-state index contributed by atoms with van der Waals surface area (Å²) < 4.78 is 0.962. The van der Waals surface area contributed by atoms with Crippen molar-refractivity contribution in [3.05, 3.63) is 33.8 Å². The molecule has 0 aliphatic heterocycles. The highest BCUT2D eigenvalue weighted by Crippen LogP contribution is 2.43. The fraction of sp³-hybridized carbons (Fsp3) is 0.500. The number of aliphatic carboxylic acids is 1. The third kappa shape index (κ3) is 2.13. The molecule has 1 aromatic carbocycles. The Morgan fingerprint density at radius 1 is 1.29 bits per heavy atom. The Balaban J connectivity index is 2.53. The van der Waals surface area contributed by atoms with Crippen molar-refractivity contribution in [2.75, 3.05) is 0 Å². The molecule has 1 N–H and O–H groups in total. The molecule has 0 heterocycles. The second-order valence-electron chi connectivity index (χ2n) is 4.88. The highest BCUT2D eigenvalue weighted by Gasteiger charge is 2.42. The van der Waals surface area contributed by atoms with Gasteiger partial charge >= 0.3 is 5.97 Å². The molecule has 1 saturated carbocycles. The third-order valence-corrected chi connectivity index (χ3v) is 4.88. The second kappa shape index (κ2) is 4.81. The lowest BCUT2D eigenvalue weighted by Crippen LogP contribution is -2.38. The fourth-order valence-electron chi connectivity index (χ4n) is 2.77. The van der Waals surface area contributed by atoms with Gasteiger partial charge in [-0.1, -0.05) is 53.4 Å². The van der Waals surface area contributed by atoms with Crippen LogP contribution in [0.1, 0.15) is 43.2 Å². The zero-order chi connectivity index (χ0) is 12.5. The molecule has 92 valence electrons. The molecule has 2 nitrogen and oxygen atoms in total. The van der Waals surface area contributed by atoms with Gasteiger partial charge in [0, 0.05) is 4.47 Å². The van der Waals surface area contributed by atoms with Crippen molar-refractivity contribution in [1.82, 2.24) is 0 Å². The zero-order valence-electron chi connectivity index (χ0n) is 10.0. The van der Waals surface area contributed by atoms with Gasteiger partial charge in [0.2, 0.25) is 0 Å². The van der Waals surface area contributed by atoms with Gasteiger partial charge < -0.3 is 5.11 Å². The molecule has 0 atom stereocenters. The average molecular weight is 297 g/mol. The largest absolute Gasteiger partial charge is 0.481 e. The monoisotopic (exact) mass is 296 g/mol. The number of carboxylic acid groups (broad SMARTS) is 1. The summed E-state index contributed by atoms with van der Waals surface area (Å²) in [5, 5.41) is 9.64. The summed E-state index contributed by atoms with van der Waals surface area (Å²) in [4.78, 5) is 11.7. The highest BCUT2D eigenvalue weighted by molar-refractivity contribution is 9.10. The topological polar surface area (TPSA) is 37.3 Å². The molecule has 1 aliphatic carbocycles. The first-order valence-corrected chi connectivity index (χ1v) is 6.86. The van der Waals surface area contributed by atoms with E-state index >= 15 is 0 Å². The lowest BCUT2D eigenvalue weighted by atomic mass is 9.69. The molecule has 0 unspecified atom stereocenters. The first kappa shape index (κ1) is 12.6. The molecular weight excluding hydrogens is 280 g/mol. The molecule has 0 aromatic heterocycles. The standard InChI is InChI=1S/C14H17BrO2/c1-10-6-5-7-11(12(10)15)14(13(16)17)8-3-2-4-9-14/h5-7H,2-4,8-9H2,1H3,(H,16,17). The number of benzene rings is 1. The first-order chi connectivity index (χ1) is 8.08. The minimum absolute atomic E-state index is 0.677. The molecule has 0 bridgehead atoms. The van der Waals surface area contributed by atoms with Crippen LogP contribution in [0.25, 0.3) is 0 Å². The summed E-state index contributed by atoms with van der Waals surface area (Å²) in [5.41, 5.74) is 1.38. The molecular formula is C14H17BrO2. The molecule has 0 spiro atoms. The Morgan fingerprint density at radius 3 is 2.53 bits per heavy atom. The van der Waals surface area contributed by atoms with Gasteiger partial charge in [-0.15, -0.1) is 0 Å². The van der Waals surface area contributed by atoms with E-state index in [1.807, 2.05) is 25.1 Å². The van der Waals surface area contributed by atoms with Crippen molar-refractivity contribution in [2.24, 2.45) is 0 Å². The maximum Gasteiger partial charge on any atom is 0.314 e. The van der Waals surface area contributed by atoms with Gasteiger partial charge in [0.25, 0.3) is 0 Å². The number of aryl methyl sites for hydroxylation is 1. The van der Waals surface area contributed by atoms with Crippen LogP contribution < -0.4 is 0 Å². The smallest absolute Gasteiger partial charge is 0.314 e. The lowest BCUT2D eigenvalue weighted by Gasteiger charge is -2.34. The molecule has 0 saturated heterocycles. The third-order valence-electron chi connectivity index (χ3n) is 3.82. The van der Waals surface area contributed by atoms with Gasteiger partial charge in [-0.3, -0.25) is 4.79 Å². The van der Waals surface area contributed by atoms with Gasteiger partial charge in [-0.25, -0.2) is 0 Å². The van der Waals surface area contributed by atoms with Gasteiger partial charge in [-0.2, -0.15) is 0 Å². The minimum Gasteiger partial charge on any atom is -0.481 e. The summed E-state index contributed by atoms with van der Waals surface area (Å²) in [6, 6.07) is 5.91. The summed E-state index contributed by atoms with van der Waals surface area (Å²) in [7, 11) is 0. The first-order valence-electron chi connectivity index (χ1n) is 6.07. The molecule has 17 heavy (non-hydrogen) atoms. The number of carboxylic acids is 1. The van der Waals surface area contributed by atoms with Crippen LogP contribution in [-0.2, 0) is 10.2 Å². The average Bonchev–Trinajstić information content (AvgIpc) is 2.33. The Hall–Kier alpha value is -0.830. The maximum absolute atomic E-state index is 11.7. The van der Waals surface area contributed by atoms with Crippen LogP contribution in [0.5, 0.6) is 0 Å². The molecule has 1 aromatic rings. The van der Waals surface area contributed by atoms with Gasteiger partial charge in [0.15, 0.2) is 0 Å². The molecule has 3 heteroatoms. The van der Waals surface area contributed by atoms with E-state index in [2.05, 4.69) is 15.9 Å². The van der Waals surface area contributed by atoms with E-state index in [0.717, 1.165) is 47.7 Å². The molecule has 0 radical (unpaired) electrons. The minimum atomic E-state index is -0.677. The lowest BCUT2D eigenvalue weighted by molar-refractivity contribution is -0.145. The zero-order valence-corrected chi connectivity index (χ0v) is 11.6. The van der Waals surface area contributed by atoms with Crippen LogP contribution in [0.2, 0.25) is 0 Å². The van der Waals surface area contributed by atoms with Crippen LogP contribution in [-0.4, -0.2) is 11.1 Å². The predicted molar refractivity (Wildman–Crippen MR) is 71.3 cm³/mol. The molecule has 1 fully saturated rings. The number of rotatable bonds is 2. The van der Waals surface area contributed by atoms with E-state index in [1.54, 1.807) is 0 Å². The summed E-state index contributed by atoms with van der Waals surface area (Å²) >= 11 is 3.56. The van der Waals surface area contributed by atoms with Crippen molar-refractivity contribution >= 4 is 21.9 Å². The number of carbonyl (C=O) groups is 1. The van der Waals surface area contributed by atoms with Crippen molar-refractivity contribution in [2.45, 2.75) is 44.4 Å². The quantitative estimate of drug-likeness (QED) is 0.894. The molecule has 0 amide bonds. The second-order valence-corrected chi connectivity index (χ2v) is 5.68. The summed E-state index contributed by atoms with van der Waals surface area (Å²) in [6.45, 7) is 2.01. The van der Waals surface area contributed by atoms with E-state index in [1.165, 1.54) is 0 Å². The van der Waals surface area contributed by atoms with E-state index in [4.69, 9.17) is 0 Å². The van der Waals surface area contributed by atoms with E-state index < -0.39 is 11.4 Å². The summed E-state index contributed by atoms with van der Waals surface area (Å²) in [5.74, 6) is -0.677. The van der Waals surface area contributed by atoms with Crippen LogP contribution in [0.3, 0.4) is 0 Å².